The monoisotopic (exact) mass is 589 g/mol. The molecule has 1 amide bonds. The van der Waals surface area contributed by atoms with E-state index >= 15 is 0 Å². The smallest absolute Gasteiger partial charge is 0.290 e. The second-order valence-corrected chi connectivity index (χ2v) is 10.6. The van der Waals surface area contributed by atoms with Crippen LogP contribution in [0.25, 0.3) is 11.0 Å². The minimum Gasteiger partial charge on any atom is -0.490 e. The lowest BCUT2D eigenvalue weighted by Gasteiger charge is -2.26. The van der Waals surface area contributed by atoms with E-state index in [1.54, 1.807) is 23.1 Å². The van der Waals surface area contributed by atoms with E-state index in [0.29, 0.717) is 54.2 Å². The molecule has 0 radical (unpaired) electrons. The van der Waals surface area contributed by atoms with Gasteiger partial charge in [-0.1, -0.05) is 72.1 Å². The summed E-state index contributed by atoms with van der Waals surface area (Å²) in [5, 5.41) is 0.437. The summed E-state index contributed by atoms with van der Waals surface area (Å²) in [5.41, 5.74) is 2.44. The van der Waals surface area contributed by atoms with Crippen molar-refractivity contribution in [1.82, 2.24) is 4.90 Å². The van der Waals surface area contributed by atoms with Crippen molar-refractivity contribution in [2.45, 2.75) is 45.6 Å². The molecule has 0 bridgehead atoms. The maximum atomic E-state index is 13.9. The zero-order chi connectivity index (χ0) is 27.4. The van der Waals surface area contributed by atoms with Gasteiger partial charge in [-0.15, -0.1) is 0 Å². The second-order valence-electron chi connectivity index (χ2n) is 9.65. The first-order chi connectivity index (χ1) is 19.0. The number of halogens is 1. The number of fused-ring (bicyclic) bond motifs is 2. The molecule has 3 aromatic carbocycles. The number of ether oxygens (including phenoxy) is 2. The van der Waals surface area contributed by atoms with E-state index in [9.17, 15) is 9.59 Å². The minimum absolute atomic E-state index is 0.103. The molecule has 0 fully saturated rings. The van der Waals surface area contributed by atoms with Crippen molar-refractivity contribution < 1.29 is 18.7 Å². The zero-order valence-electron chi connectivity index (χ0n) is 22.2. The van der Waals surface area contributed by atoms with Crippen LogP contribution in [-0.4, -0.2) is 30.6 Å². The van der Waals surface area contributed by atoms with Gasteiger partial charge in [0.05, 0.1) is 30.2 Å². The van der Waals surface area contributed by atoms with E-state index in [2.05, 4.69) is 22.9 Å². The summed E-state index contributed by atoms with van der Waals surface area (Å²) in [4.78, 5) is 29.4. The molecule has 1 atom stereocenters. The van der Waals surface area contributed by atoms with E-state index < -0.39 is 6.04 Å². The highest BCUT2D eigenvalue weighted by Crippen LogP contribution is 2.41. The van der Waals surface area contributed by atoms with Crippen molar-refractivity contribution >= 4 is 32.8 Å². The Labute approximate surface area is 236 Å². The van der Waals surface area contributed by atoms with Gasteiger partial charge in [-0.2, -0.15) is 0 Å². The van der Waals surface area contributed by atoms with Crippen molar-refractivity contribution in [2.24, 2.45) is 0 Å². The molecule has 202 valence electrons. The highest BCUT2D eigenvalue weighted by molar-refractivity contribution is 9.10. The number of hydrogen-bond acceptors (Lipinski definition) is 5. The number of amides is 1. The maximum Gasteiger partial charge on any atom is 0.290 e. The van der Waals surface area contributed by atoms with E-state index in [1.165, 1.54) is 0 Å². The molecule has 0 N–H and O–H groups in total. The van der Waals surface area contributed by atoms with E-state index in [0.717, 1.165) is 34.9 Å². The van der Waals surface area contributed by atoms with Crippen molar-refractivity contribution in [2.75, 3.05) is 19.8 Å². The Balaban J connectivity index is 1.59. The summed E-state index contributed by atoms with van der Waals surface area (Å²) in [5.74, 6) is 1.08. The Morgan fingerprint density at radius 1 is 0.923 bits per heavy atom. The summed E-state index contributed by atoms with van der Waals surface area (Å²) in [6, 6.07) is 20.4. The number of unbranched alkanes of at least 4 members (excludes halogenated alkanes) is 2. The Bertz CT molecular complexity index is 1530. The number of nitrogens with zero attached hydrogens (tertiary/aromatic N) is 1. The van der Waals surface area contributed by atoms with Gasteiger partial charge in [0.15, 0.2) is 16.9 Å². The SMILES string of the molecule is CCCCCOc1ccc(C2c3c(oc4ccc(Br)cc4c3=O)C(=O)N2CCc2ccccc2)cc1OCC. The van der Waals surface area contributed by atoms with Crippen LogP contribution in [0.3, 0.4) is 0 Å². The lowest BCUT2D eigenvalue weighted by atomic mass is 9.97. The van der Waals surface area contributed by atoms with Crippen LogP contribution in [0.2, 0.25) is 0 Å². The van der Waals surface area contributed by atoms with Crippen molar-refractivity contribution in [3.05, 3.63) is 104 Å². The molecular weight excluding hydrogens is 558 g/mol. The summed E-state index contributed by atoms with van der Waals surface area (Å²) in [6.07, 6.45) is 3.82. The Kier molecular flexibility index (Phi) is 8.36. The highest BCUT2D eigenvalue weighted by atomic mass is 79.9. The normalized spacial score (nSPS) is 14.6. The van der Waals surface area contributed by atoms with Crippen LogP contribution in [0.15, 0.2) is 80.4 Å². The molecular formula is C32H32BrNO5. The zero-order valence-corrected chi connectivity index (χ0v) is 23.8. The lowest BCUT2D eigenvalue weighted by molar-refractivity contribution is 0.0729. The third-order valence-corrected chi connectivity index (χ3v) is 7.49. The topological polar surface area (TPSA) is 69.0 Å². The molecule has 1 aliphatic heterocycles. The fourth-order valence-corrected chi connectivity index (χ4v) is 5.44. The van der Waals surface area contributed by atoms with Crippen LogP contribution >= 0.6 is 15.9 Å². The molecule has 39 heavy (non-hydrogen) atoms. The van der Waals surface area contributed by atoms with Crippen molar-refractivity contribution in [3.63, 3.8) is 0 Å². The fraction of sp³-hybridized carbons (Fsp3) is 0.312. The number of benzene rings is 3. The first-order valence-corrected chi connectivity index (χ1v) is 14.3. The molecule has 0 saturated carbocycles. The molecule has 2 heterocycles. The molecule has 1 unspecified atom stereocenters. The van der Waals surface area contributed by atoms with E-state index in [-0.39, 0.29) is 17.1 Å². The van der Waals surface area contributed by atoms with E-state index in [4.69, 9.17) is 13.9 Å². The minimum atomic E-state index is -0.607. The first-order valence-electron chi connectivity index (χ1n) is 13.5. The van der Waals surface area contributed by atoms with Gasteiger partial charge < -0.3 is 18.8 Å². The first kappa shape index (κ1) is 27.0. The number of hydrogen-bond donors (Lipinski definition) is 0. The Morgan fingerprint density at radius 2 is 1.74 bits per heavy atom. The van der Waals surface area contributed by atoms with Crippen LogP contribution in [-0.2, 0) is 6.42 Å². The fourth-order valence-electron chi connectivity index (χ4n) is 5.08. The average molecular weight is 591 g/mol. The molecule has 1 aromatic heterocycles. The Morgan fingerprint density at radius 3 is 2.51 bits per heavy atom. The predicted octanol–water partition coefficient (Wildman–Crippen LogP) is 7.31. The van der Waals surface area contributed by atoms with Crippen LogP contribution in [0.5, 0.6) is 11.5 Å². The largest absolute Gasteiger partial charge is 0.490 e. The predicted molar refractivity (Wildman–Crippen MR) is 156 cm³/mol. The second kappa shape index (κ2) is 12.1. The van der Waals surface area contributed by atoms with Crippen molar-refractivity contribution in [1.29, 1.82) is 0 Å². The van der Waals surface area contributed by atoms with Gasteiger partial charge in [-0.25, -0.2) is 0 Å². The molecule has 0 saturated heterocycles. The lowest BCUT2D eigenvalue weighted by Crippen LogP contribution is -2.31. The van der Waals surface area contributed by atoms with E-state index in [1.807, 2.05) is 55.5 Å². The summed E-state index contributed by atoms with van der Waals surface area (Å²) >= 11 is 3.46. The van der Waals surface area contributed by atoms with Crippen LogP contribution in [0.4, 0.5) is 0 Å². The summed E-state index contributed by atoms with van der Waals surface area (Å²) < 4.78 is 18.9. The number of rotatable bonds is 11. The maximum absolute atomic E-state index is 13.9. The molecule has 5 rings (SSSR count). The van der Waals surface area contributed by atoms with Gasteiger partial charge in [0.1, 0.15) is 5.58 Å². The molecule has 0 spiro atoms. The number of carbonyl (C=O) groups excluding carboxylic acids is 1. The standard InChI is InChI=1S/C32H32BrNO5/c1-3-5-9-18-38-26-14-12-22(19-27(26)37-4-2)29-28-30(35)24-20-23(33)13-15-25(24)39-31(28)32(36)34(29)17-16-21-10-7-6-8-11-21/h6-8,10-15,19-20,29H,3-5,9,16-18H2,1-2H3. The van der Waals surface area contributed by atoms with Gasteiger partial charge in [-0.05, 0) is 61.2 Å². The summed E-state index contributed by atoms with van der Waals surface area (Å²) in [7, 11) is 0. The van der Waals surface area contributed by atoms with Crippen LogP contribution in [0.1, 0.15) is 66.4 Å². The number of carbonyl (C=O) groups is 1. The van der Waals surface area contributed by atoms with Gasteiger partial charge in [0, 0.05) is 11.0 Å². The molecule has 6 nitrogen and oxygen atoms in total. The summed E-state index contributed by atoms with van der Waals surface area (Å²) in [6.45, 7) is 5.57. The van der Waals surface area contributed by atoms with Gasteiger partial charge >= 0.3 is 0 Å². The third-order valence-electron chi connectivity index (χ3n) is 7.00. The van der Waals surface area contributed by atoms with Gasteiger partial charge in [-0.3, -0.25) is 9.59 Å². The van der Waals surface area contributed by atoms with Crippen molar-refractivity contribution in [3.8, 4) is 11.5 Å². The average Bonchev–Trinajstić information content (AvgIpc) is 3.23. The molecule has 1 aliphatic rings. The third kappa shape index (κ3) is 5.59. The molecule has 4 aromatic rings. The Hall–Kier alpha value is -3.58. The van der Waals surface area contributed by atoms with Gasteiger partial charge in [0.2, 0.25) is 5.76 Å². The van der Waals surface area contributed by atoms with Gasteiger partial charge in [0.25, 0.3) is 5.91 Å². The molecule has 0 aliphatic carbocycles. The molecule has 7 heteroatoms. The van der Waals surface area contributed by atoms with Crippen LogP contribution < -0.4 is 14.9 Å². The van der Waals surface area contributed by atoms with Crippen LogP contribution in [0, 0.1) is 0 Å². The quantitative estimate of drug-likeness (QED) is 0.171. The highest BCUT2D eigenvalue weighted by Gasteiger charge is 2.42.